The highest BCUT2D eigenvalue weighted by Crippen LogP contribution is 2.25. The lowest BCUT2D eigenvalue weighted by molar-refractivity contribution is 0.281. The van der Waals surface area contributed by atoms with E-state index in [0.29, 0.717) is 23.9 Å². The van der Waals surface area contributed by atoms with Crippen LogP contribution in [-0.2, 0) is 10.0 Å². The molecule has 1 aromatic rings. The summed E-state index contributed by atoms with van der Waals surface area (Å²) >= 11 is 0. The number of rotatable bonds is 2. The molecule has 0 aromatic heterocycles. The van der Waals surface area contributed by atoms with Gasteiger partial charge in [0, 0.05) is 13.1 Å². The van der Waals surface area contributed by atoms with E-state index in [9.17, 15) is 8.42 Å². The van der Waals surface area contributed by atoms with Crippen LogP contribution in [-0.4, -0.2) is 25.8 Å². The fraction of sp³-hybridized carbons (Fsp3) is 0.571. The first-order valence-corrected chi connectivity index (χ1v) is 7.92. The molecular formula is C14H21NO2S. The van der Waals surface area contributed by atoms with Crippen molar-refractivity contribution in [3.05, 3.63) is 29.3 Å². The zero-order valence-electron chi connectivity index (χ0n) is 11.3. The number of nitrogens with zero attached hydrogens (tertiary/aromatic N) is 1. The predicted octanol–water partition coefficient (Wildman–Crippen LogP) is 2.72. The van der Waals surface area contributed by atoms with Crippen molar-refractivity contribution in [1.82, 2.24) is 4.31 Å². The molecule has 1 saturated heterocycles. The van der Waals surface area contributed by atoms with Crippen LogP contribution in [0.3, 0.4) is 0 Å². The smallest absolute Gasteiger partial charge is 0.207 e. The third kappa shape index (κ3) is 2.59. The molecule has 0 radical (unpaired) electrons. The minimum Gasteiger partial charge on any atom is -0.207 e. The molecule has 100 valence electrons. The molecule has 1 aliphatic heterocycles. The van der Waals surface area contributed by atoms with Gasteiger partial charge in [0.2, 0.25) is 10.0 Å². The summed E-state index contributed by atoms with van der Waals surface area (Å²) in [6.07, 6.45) is 2.09. The second kappa shape index (κ2) is 5.02. The van der Waals surface area contributed by atoms with Crippen LogP contribution in [0.4, 0.5) is 0 Å². The van der Waals surface area contributed by atoms with E-state index in [1.807, 2.05) is 26.0 Å². The van der Waals surface area contributed by atoms with Crippen molar-refractivity contribution in [2.45, 2.75) is 38.5 Å². The maximum absolute atomic E-state index is 12.6. The fourth-order valence-corrected chi connectivity index (χ4v) is 4.40. The Morgan fingerprint density at radius 2 is 2.00 bits per heavy atom. The molecule has 1 aliphatic rings. The molecule has 0 saturated carbocycles. The zero-order chi connectivity index (χ0) is 13.3. The molecule has 2 rings (SSSR count). The van der Waals surface area contributed by atoms with Gasteiger partial charge < -0.3 is 0 Å². The standard InChI is InChI=1S/C14H21NO2S/c1-11-6-7-13(3)14(9-11)18(16,17)15-8-4-5-12(2)10-15/h6-7,9,12H,4-5,8,10H2,1-3H3/t12-/m0/s1. The van der Waals surface area contributed by atoms with Crippen molar-refractivity contribution >= 4 is 10.0 Å². The van der Waals surface area contributed by atoms with Gasteiger partial charge in [0.1, 0.15) is 0 Å². The highest BCUT2D eigenvalue weighted by molar-refractivity contribution is 7.89. The number of hydrogen-bond donors (Lipinski definition) is 0. The molecule has 0 spiro atoms. The third-order valence-corrected chi connectivity index (χ3v) is 5.59. The van der Waals surface area contributed by atoms with E-state index in [4.69, 9.17) is 0 Å². The first-order chi connectivity index (χ1) is 8.41. The molecule has 1 aromatic carbocycles. The summed E-state index contributed by atoms with van der Waals surface area (Å²) in [5.74, 6) is 0.457. The number of piperidine rings is 1. The minimum atomic E-state index is -3.31. The second-order valence-corrected chi connectivity index (χ2v) is 7.29. The third-order valence-electron chi connectivity index (χ3n) is 3.58. The first kappa shape index (κ1) is 13.6. The number of aryl methyl sites for hydroxylation is 2. The molecule has 0 aliphatic carbocycles. The fourth-order valence-electron chi connectivity index (χ4n) is 2.49. The topological polar surface area (TPSA) is 37.4 Å². The van der Waals surface area contributed by atoms with Crippen LogP contribution in [0.1, 0.15) is 30.9 Å². The van der Waals surface area contributed by atoms with Crippen LogP contribution < -0.4 is 0 Å². The van der Waals surface area contributed by atoms with Crippen LogP contribution in [0.25, 0.3) is 0 Å². The monoisotopic (exact) mass is 267 g/mol. The first-order valence-electron chi connectivity index (χ1n) is 6.48. The SMILES string of the molecule is Cc1ccc(C)c(S(=O)(=O)N2CCC[C@H](C)C2)c1. The lowest BCUT2D eigenvalue weighted by Crippen LogP contribution is -2.39. The maximum Gasteiger partial charge on any atom is 0.243 e. The zero-order valence-corrected chi connectivity index (χ0v) is 12.1. The van der Waals surface area contributed by atoms with Gasteiger partial charge in [-0.15, -0.1) is 0 Å². The average Bonchev–Trinajstić information content (AvgIpc) is 2.32. The summed E-state index contributed by atoms with van der Waals surface area (Å²) in [5, 5.41) is 0. The second-order valence-electron chi connectivity index (χ2n) is 5.38. The van der Waals surface area contributed by atoms with Gasteiger partial charge >= 0.3 is 0 Å². The van der Waals surface area contributed by atoms with Gasteiger partial charge in [-0.25, -0.2) is 8.42 Å². The number of benzene rings is 1. The van der Waals surface area contributed by atoms with E-state index < -0.39 is 10.0 Å². The molecule has 1 fully saturated rings. The number of sulfonamides is 1. The predicted molar refractivity (Wildman–Crippen MR) is 73.1 cm³/mol. The number of hydrogen-bond acceptors (Lipinski definition) is 2. The molecule has 1 heterocycles. The summed E-state index contributed by atoms with van der Waals surface area (Å²) in [4.78, 5) is 0.469. The quantitative estimate of drug-likeness (QED) is 0.826. The Labute approximate surface area is 110 Å². The average molecular weight is 267 g/mol. The van der Waals surface area contributed by atoms with Crippen LogP contribution in [0, 0.1) is 19.8 Å². The van der Waals surface area contributed by atoms with E-state index in [2.05, 4.69) is 6.92 Å². The van der Waals surface area contributed by atoms with Crippen LogP contribution >= 0.6 is 0 Å². The molecular weight excluding hydrogens is 246 g/mol. The minimum absolute atomic E-state index is 0.457. The molecule has 0 N–H and O–H groups in total. The molecule has 1 atom stereocenters. The van der Waals surface area contributed by atoms with Gasteiger partial charge in [0.05, 0.1) is 4.90 Å². The molecule has 0 unspecified atom stereocenters. The van der Waals surface area contributed by atoms with Crippen molar-refractivity contribution < 1.29 is 8.42 Å². The van der Waals surface area contributed by atoms with Gasteiger partial charge in [-0.2, -0.15) is 4.31 Å². The van der Waals surface area contributed by atoms with Crippen molar-refractivity contribution in [3.63, 3.8) is 0 Å². The molecule has 18 heavy (non-hydrogen) atoms. The van der Waals surface area contributed by atoms with Crippen molar-refractivity contribution in [2.24, 2.45) is 5.92 Å². The Bertz CT molecular complexity index is 537. The van der Waals surface area contributed by atoms with E-state index in [0.717, 1.165) is 24.0 Å². The Balaban J connectivity index is 2.38. The summed E-state index contributed by atoms with van der Waals surface area (Å²) in [6.45, 7) is 7.21. The van der Waals surface area contributed by atoms with E-state index >= 15 is 0 Å². The van der Waals surface area contributed by atoms with E-state index in [1.54, 1.807) is 10.4 Å². The molecule has 0 bridgehead atoms. The van der Waals surface area contributed by atoms with Crippen molar-refractivity contribution in [2.75, 3.05) is 13.1 Å². The maximum atomic E-state index is 12.6. The van der Waals surface area contributed by atoms with Crippen molar-refractivity contribution in [3.8, 4) is 0 Å². The summed E-state index contributed by atoms with van der Waals surface area (Å²) in [7, 11) is -3.31. The molecule has 4 heteroatoms. The Kier molecular flexibility index (Phi) is 3.78. The van der Waals surface area contributed by atoms with Gasteiger partial charge in [-0.1, -0.05) is 19.1 Å². The van der Waals surface area contributed by atoms with Crippen molar-refractivity contribution in [1.29, 1.82) is 0 Å². The van der Waals surface area contributed by atoms with Gasteiger partial charge in [0.15, 0.2) is 0 Å². The normalized spacial score (nSPS) is 22.1. The lowest BCUT2D eigenvalue weighted by Gasteiger charge is -2.30. The van der Waals surface area contributed by atoms with E-state index in [-0.39, 0.29) is 0 Å². The summed E-state index contributed by atoms with van der Waals surface area (Å²) in [5.41, 5.74) is 1.82. The Morgan fingerprint density at radius 1 is 1.28 bits per heavy atom. The van der Waals surface area contributed by atoms with Gasteiger partial charge in [0.25, 0.3) is 0 Å². The molecule has 0 amide bonds. The van der Waals surface area contributed by atoms with Crippen LogP contribution in [0.5, 0.6) is 0 Å². The van der Waals surface area contributed by atoms with E-state index in [1.165, 1.54) is 0 Å². The van der Waals surface area contributed by atoms with Crippen LogP contribution in [0.2, 0.25) is 0 Å². The van der Waals surface area contributed by atoms with Crippen LogP contribution in [0.15, 0.2) is 23.1 Å². The summed E-state index contributed by atoms with van der Waals surface area (Å²) < 4.78 is 26.9. The molecule has 3 nitrogen and oxygen atoms in total. The lowest BCUT2D eigenvalue weighted by atomic mass is 10.0. The van der Waals surface area contributed by atoms with Gasteiger partial charge in [-0.05, 0) is 49.8 Å². The van der Waals surface area contributed by atoms with Gasteiger partial charge in [-0.3, -0.25) is 0 Å². The Hall–Kier alpha value is -0.870. The summed E-state index contributed by atoms with van der Waals surface area (Å²) in [6, 6.07) is 5.62. The highest BCUT2D eigenvalue weighted by Gasteiger charge is 2.29. The largest absolute Gasteiger partial charge is 0.243 e. The Morgan fingerprint density at radius 3 is 2.67 bits per heavy atom. The highest BCUT2D eigenvalue weighted by atomic mass is 32.2.